The fraction of sp³-hybridized carbons (Fsp3) is 0. The van der Waals surface area contributed by atoms with E-state index in [1.165, 1.54) is 0 Å². The molecule has 0 aliphatic carbocycles. The Morgan fingerprint density at radius 3 is 2.00 bits per heavy atom. The maximum absolute atomic E-state index is 10.5. The third kappa shape index (κ3) is 3.23. The smallest absolute Gasteiger partial charge is 0.737 e. The van der Waals surface area contributed by atoms with Crippen molar-refractivity contribution in [3.8, 4) is 0 Å². The molecule has 0 aromatic heterocycles. The van der Waals surface area contributed by atoms with Gasteiger partial charge in [-0.3, -0.25) is 0 Å². The summed E-state index contributed by atoms with van der Waals surface area (Å²) in [4.78, 5) is 10.5. The van der Waals surface area contributed by atoms with E-state index >= 15 is 0 Å². The van der Waals surface area contributed by atoms with Crippen molar-refractivity contribution in [1.82, 2.24) is 0 Å². The Balaban J connectivity index is 0.000000810. The SMILES string of the molecule is O=C([S-])c1ccccc1.[K+]. The monoisotopic (exact) mass is 176 g/mol. The Morgan fingerprint density at radius 1 is 1.20 bits per heavy atom. The molecule has 0 N–H and O–H groups in total. The van der Waals surface area contributed by atoms with E-state index in [-0.39, 0.29) is 56.5 Å². The minimum Gasteiger partial charge on any atom is -0.737 e. The first-order chi connectivity index (χ1) is 4.30. The van der Waals surface area contributed by atoms with Crippen LogP contribution in [0.15, 0.2) is 30.3 Å². The third-order valence-electron chi connectivity index (χ3n) is 1.01. The molecule has 0 spiro atoms. The number of hydrogen-bond acceptors (Lipinski definition) is 2. The minimum absolute atomic E-state index is 0. The molecule has 0 saturated carbocycles. The van der Waals surface area contributed by atoms with Crippen molar-refractivity contribution in [3.63, 3.8) is 0 Å². The van der Waals surface area contributed by atoms with Crippen LogP contribution < -0.4 is 51.4 Å². The molecule has 0 atom stereocenters. The molecule has 0 heterocycles. The zero-order valence-corrected chi connectivity index (χ0v) is 9.64. The molecule has 1 aromatic carbocycles. The summed E-state index contributed by atoms with van der Waals surface area (Å²) in [5.41, 5.74) is 0.590. The average molecular weight is 176 g/mol. The van der Waals surface area contributed by atoms with Crippen LogP contribution in [0.4, 0.5) is 0 Å². The van der Waals surface area contributed by atoms with Crippen molar-refractivity contribution in [2.75, 3.05) is 0 Å². The van der Waals surface area contributed by atoms with Gasteiger partial charge in [0.2, 0.25) is 0 Å². The van der Waals surface area contributed by atoms with Gasteiger partial charge in [-0.15, -0.1) is 0 Å². The molecule has 0 aliphatic heterocycles. The summed E-state index contributed by atoms with van der Waals surface area (Å²) in [6, 6.07) is 8.84. The van der Waals surface area contributed by atoms with Crippen LogP contribution >= 0.6 is 0 Å². The average Bonchev–Trinajstić information content (AvgIpc) is 1.90. The summed E-state index contributed by atoms with van der Waals surface area (Å²) in [6.45, 7) is 0. The Kier molecular flexibility index (Phi) is 5.81. The van der Waals surface area contributed by atoms with E-state index in [2.05, 4.69) is 12.6 Å². The van der Waals surface area contributed by atoms with E-state index in [1.54, 1.807) is 24.3 Å². The van der Waals surface area contributed by atoms with Crippen LogP contribution in [0.3, 0.4) is 0 Å². The van der Waals surface area contributed by atoms with Gasteiger partial charge in [-0.2, -0.15) is 0 Å². The van der Waals surface area contributed by atoms with Crippen LogP contribution in [0.25, 0.3) is 0 Å². The number of carbonyl (C=O) groups is 1. The Morgan fingerprint density at radius 2 is 1.70 bits per heavy atom. The maximum atomic E-state index is 10.5. The molecule has 0 aliphatic rings. The second-order valence-electron chi connectivity index (χ2n) is 1.65. The zero-order chi connectivity index (χ0) is 6.69. The van der Waals surface area contributed by atoms with Crippen LogP contribution in [0.5, 0.6) is 0 Å². The van der Waals surface area contributed by atoms with Gasteiger partial charge in [0, 0.05) is 5.12 Å². The van der Waals surface area contributed by atoms with Gasteiger partial charge >= 0.3 is 51.4 Å². The second kappa shape index (κ2) is 5.40. The van der Waals surface area contributed by atoms with Crippen molar-refractivity contribution in [1.29, 1.82) is 0 Å². The van der Waals surface area contributed by atoms with Gasteiger partial charge in [0.05, 0.1) is 0 Å². The molecule has 1 rings (SSSR count). The van der Waals surface area contributed by atoms with Gasteiger partial charge in [0.1, 0.15) is 0 Å². The van der Waals surface area contributed by atoms with Crippen LogP contribution in [0.1, 0.15) is 10.4 Å². The molecule has 1 nitrogen and oxygen atoms in total. The fourth-order valence-corrected chi connectivity index (χ4v) is 0.710. The standard InChI is InChI=1S/C7H6OS.K/c8-7(9)6-4-2-1-3-5-6;/h1-5H,(H,8,9);/q;+1/p-1. The van der Waals surface area contributed by atoms with Gasteiger partial charge in [-0.05, 0) is 5.56 Å². The van der Waals surface area contributed by atoms with Gasteiger partial charge in [0.15, 0.2) is 0 Å². The molecular weight excluding hydrogens is 171 g/mol. The summed E-state index contributed by atoms with van der Waals surface area (Å²) < 4.78 is 0. The molecule has 0 radical (unpaired) electrons. The predicted octanol–water partition coefficient (Wildman–Crippen LogP) is -1.62. The quantitative estimate of drug-likeness (QED) is 0.378. The molecule has 0 fully saturated rings. The first-order valence-corrected chi connectivity index (χ1v) is 2.98. The van der Waals surface area contributed by atoms with E-state index in [0.717, 1.165) is 0 Å². The minimum atomic E-state index is -0.296. The predicted molar refractivity (Wildman–Crippen MR) is 38.1 cm³/mol. The molecule has 10 heavy (non-hydrogen) atoms. The van der Waals surface area contributed by atoms with Crippen LogP contribution in [0.2, 0.25) is 0 Å². The van der Waals surface area contributed by atoms with Crippen molar-refractivity contribution >= 4 is 17.7 Å². The van der Waals surface area contributed by atoms with Crippen LogP contribution in [-0.2, 0) is 12.6 Å². The summed E-state index contributed by atoms with van der Waals surface area (Å²) in [7, 11) is 0. The van der Waals surface area contributed by atoms with Crippen molar-refractivity contribution < 1.29 is 56.2 Å². The normalized spacial score (nSPS) is 8.00. The number of rotatable bonds is 1. The van der Waals surface area contributed by atoms with Gasteiger partial charge in [-0.1, -0.05) is 30.3 Å². The number of carbonyl (C=O) groups excluding carboxylic acids is 1. The number of hydrogen-bond donors (Lipinski definition) is 0. The van der Waals surface area contributed by atoms with Gasteiger partial charge in [-0.25, -0.2) is 0 Å². The van der Waals surface area contributed by atoms with Crippen LogP contribution in [-0.4, -0.2) is 5.12 Å². The summed E-state index contributed by atoms with van der Waals surface area (Å²) in [6.07, 6.45) is 0. The molecule has 0 saturated heterocycles. The van der Waals surface area contributed by atoms with Crippen molar-refractivity contribution in [2.24, 2.45) is 0 Å². The van der Waals surface area contributed by atoms with E-state index in [0.29, 0.717) is 5.56 Å². The van der Waals surface area contributed by atoms with Gasteiger partial charge in [0.25, 0.3) is 0 Å². The Hall–Kier alpha value is 0.746. The fourth-order valence-electron chi connectivity index (χ4n) is 0.574. The second-order valence-corrected chi connectivity index (χ2v) is 2.02. The van der Waals surface area contributed by atoms with Crippen LogP contribution in [0, 0.1) is 0 Å². The summed E-state index contributed by atoms with van der Waals surface area (Å²) in [5, 5.41) is -0.296. The molecular formula is C7H5KOS. The molecule has 0 unspecified atom stereocenters. The summed E-state index contributed by atoms with van der Waals surface area (Å²) >= 11 is 4.41. The van der Waals surface area contributed by atoms with E-state index in [1.807, 2.05) is 6.07 Å². The van der Waals surface area contributed by atoms with E-state index < -0.39 is 0 Å². The van der Waals surface area contributed by atoms with Gasteiger partial charge < -0.3 is 17.4 Å². The summed E-state index contributed by atoms with van der Waals surface area (Å²) in [5.74, 6) is 0. The molecule has 3 heteroatoms. The Bertz CT molecular complexity index is 210. The molecule has 46 valence electrons. The topological polar surface area (TPSA) is 17.1 Å². The van der Waals surface area contributed by atoms with E-state index in [9.17, 15) is 4.79 Å². The largest absolute Gasteiger partial charge is 1.00 e. The maximum Gasteiger partial charge on any atom is 1.00 e. The first kappa shape index (κ1) is 10.7. The first-order valence-electron chi connectivity index (χ1n) is 2.57. The van der Waals surface area contributed by atoms with Crippen molar-refractivity contribution in [3.05, 3.63) is 35.9 Å². The third-order valence-corrected chi connectivity index (χ3v) is 1.25. The zero-order valence-electron chi connectivity index (χ0n) is 5.70. The number of benzene rings is 1. The molecule has 0 bridgehead atoms. The molecule has 1 aromatic rings. The molecule has 0 amide bonds. The van der Waals surface area contributed by atoms with E-state index in [4.69, 9.17) is 0 Å². The Labute approximate surface area is 108 Å². The van der Waals surface area contributed by atoms with Crippen molar-refractivity contribution in [2.45, 2.75) is 0 Å².